The third-order valence-electron chi connectivity index (χ3n) is 3.47. The average molecular weight is 303 g/mol. The van der Waals surface area contributed by atoms with E-state index in [1.54, 1.807) is 11.3 Å². The summed E-state index contributed by atoms with van der Waals surface area (Å²) in [5.74, 6) is 0. The smallest absolute Gasteiger partial charge is 0.107 e. The van der Waals surface area contributed by atoms with Crippen LogP contribution < -0.4 is 5.32 Å². The predicted octanol–water partition coefficient (Wildman–Crippen LogP) is 2.94. The lowest BCUT2D eigenvalue weighted by molar-refractivity contribution is 0.116. The number of nitrogens with zero attached hydrogens (tertiary/aromatic N) is 2. The number of nitrogens with one attached hydrogen (secondary N) is 1. The van der Waals surface area contributed by atoms with Crippen LogP contribution >= 0.6 is 11.3 Å². The molecule has 3 rings (SSSR count). The van der Waals surface area contributed by atoms with Crippen LogP contribution in [-0.4, -0.2) is 22.6 Å². The van der Waals surface area contributed by atoms with Gasteiger partial charge in [-0.05, 0) is 43.4 Å². The average Bonchev–Trinajstić information content (AvgIpc) is 3.25. The minimum absolute atomic E-state index is 0.621. The standard InChI is InChI=1S/C16H21N3OS/c1(2-13-5-7-17-8-6-13)9-20-11-15-12-21-16(19-15)10-18-14-3-4-14/h5-8,12,14,18H,1-4,9-11H2. The van der Waals surface area contributed by atoms with Crippen LogP contribution in [0.4, 0.5) is 0 Å². The van der Waals surface area contributed by atoms with Gasteiger partial charge in [0.25, 0.3) is 0 Å². The number of ether oxygens (including phenoxy) is 1. The third kappa shape index (κ3) is 5.19. The van der Waals surface area contributed by atoms with E-state index in [9.17, 15) is 0 Å². The molecule has 2 aromatic heterocycles. The number of hydrogen-bond acceptors (Lipinski definition) is 5. The van der Waals surface area contributed by atoms with E-state index in [0.717, 1.165) is 42.7 Å². The van der Waals surface area contributed by atoms with Crippen LogP contribution in [-0.2, 0) is 24.3 Å². The largest absolute Gasteiger partial charge is 0.375 e. The SMILES string of the molecule is c1cc(CCCOCc2csc(CNC3CC3)n2)ccn1. The molecule has 1 fully saturated rings. The quantitative estimate of drug-likeness (QED) is 0.724. The molecular weight excluding hydrogens is 282 g/mol. The van der Waals surface area contributed by atoms with Gasteiger partial charge in [0.1, 0.15) is 5.01 Å². The Labute approximate surface area is 129 Å². The van der Waals surface area contributed by atoms with E-state index in [1.165, 1.54) is 18.4 Å². The van der Waals surface area contributed by atoms with E-state index in [2.05, 4.69) is 32.8 Å². The van der Waals surface area contributed by atoms with E-state index in [4.69, 9.17) is 4.74 Å². The fraction of sp³-hybridized carbons (Fsp3) is 0.500. The first-order chi connectivity index (χ1) is 10.4. The first kappa shape index (κ1) is 14.6. The van der Waals surface area contributed by atoms with Crippen LogP contribution in [0.25, 0.3) is 0 Å². The second kappa shape index (κ2) is 7.64. The first-order valence-corrected chi connectivity index (χ1v) is 8.41. The molecule has 0 aliphatic heterocycles. The molecular formula is C16H21N3OS. The summed E-state index contributed by atoms with van der Waals surface area (Å²) in [6.45, 7) is 2.29. The molecule has 2 aromatic rings. The Bertz CT molecular complexity index is 539. The van der Waals surface area contributed by atoms with Gasteiger partial charge in [-0.15, -0.1) is 11.3 Å². The molecule has 0 atom stereocenters. The number of thiazole rings is 1. The van der Waals surface area contributed by atoms with Gasteiger partial charge in [-0.25, -0.2) is 4.98 Å². The highest BCUT2D eigenvalue weighted by Crippen LogP contribution is 2.20. The molecule has 0 radical (unpaired) electrons. The summed E-state index contributed by atoms with van der Waals surface area (Å²) in [6, 6.07) is 4.85. The van der Waals surface area contributed by atoms with Gasteiger partial charge in [0.05, 0.1) is 12.3 Å². The van der Waals surface area contributed by atoms with Crippen LogP contribution in [0.3, 0.4) is 0 Å². The van der Waals surface area contributed by atoms with Gasteiger partial charge in [0.15, 0.2) is 0 Å². The molecule has 21 heavy (non-hydrogen) atoms. The molecule has 112 valence electrons. The van der Waals surface area contributed by atoms with Gasteiger partial charge in [0, 0.05) is 37.0 Å². The molecule has 0 bridgehead atoms. The predicted molar refractivity (Wildman–Crippen MR) is 84.2 cm³/mol. The minimum atomic E-state index is 0.621. The second-order valence-electron chi connectivity index (χ2n) is 5.40. The molecule has 4 nitrogen and oxygen atoms in total. The lowest BCUT2D eigenvalue weighted by Crippen LogP contribution is -2.15. The van der Waals surface area contributed by atoms with E-state index in [1.807, 2.05) is 12.4 Å². The number of pyridine rings is 1. The Morgan fingerprint density at radius 2 is 2.14 bits per heavy atom. The van der Waals surface area contributed by atoms with Gasteiger partial charge in [-0.1, -0.05) is 0 Å². The molecule has 1 aliphatic carbocycles. The van der Waals surface area contributed by atoms with Crippen molar-refractivity contribution in [3.8, 4) is 0 Å². The fourth-order valence-electron chi connectivity index (χ4n) is 2.12. The molecule has 1 saturated carbocycles. The van der Waals surface area contributed by atoms with E-state index in [-0.39, 0.29) is 0 Å². The molecule has 0 saturated heterocycles. The van der Waals surface area contributed by atoms with Crippen molar-refractivity contribution in [1.82, 2.24) is 15.3 Å². The highest BCUT2D eigenvalue weighted by Gasteiger charge is 2.20. The van der Waals surface area contributed by atoms with Gasteiger partial charge in [0.2, 0.25) is 0 Å². The second-order valence-corrected chi connectivity index (χ2v) is 6.34. The highest BCUT2D eigenvalue weighted by molar-refractivity contribution is 7.09. The lowest BCUT2D eigenvalue weighted by atomic mass is 10.1. The fourth-order valence-corrected chi connectivity index (χ4v) is 2.85. The zero-order chi connectivity index (χ0) is 14.3. The van der Waals surface area contributed by atoms with Crippen LogP contribution in [0.5, 0.6) is 0 Å². The zero-order valence-electron chi connectivity index (χ0n) is 12.1. The molecule has 0 amide bonds. The summed E-state index contributed by atoms with van der Waals surface area (Å²) in [5.41, 5.74) is 2.37. The Kier molecular flexibility index (Phi) is 5.32. The molecule has 2 heterocycles. The van der Waals surface area contributed by atoms with E-state index >= 15 is 0 Å². The highest BCUT2D eigenvalue weighted by atomic mass is 32.1. The summed E-state index contributed by atoms with van der Waals surface area (Å²) in [5, 5.41) is 6.75. The lowest BCUT2D eigenvalue weighted by Gasteiger charge is -2.02. The summed E-state index contributed by atoms with van der Waals surface area (Å²) in [7, 11) is 0. The van der Waals surface area contributed by atoms with Gasteiger partial charge in [-0.2, -0.15) is 0 Å². The van der Waals surface area contributed by atoms with Crippen molar-refractivity contribution < 1.29 is 4.74 Å². The molecule has 1 aliphatic rings. The molecule has 0 spiro atoms. The van der Waals surface area contributed by atoms with Crippen LogP contribution in [0.1, 0.15) is 35.5 Å². The van der Waals surface area contributed by atoms with Crippen molar-refractivity contribution in [1.29, 1.82) is 0 Å². The van der Waals surface area contributed by atoms with Crippen molar-refractivity contribution >= 4 is 11.3 Å². The number of hydrogen-bond donors (Lipinski definition) is 1. The monoisotopic (exact) mass is 303 g/mol. The zero-order valence-corrected chi connectivity index (χ0v) is 12.9. The number of aromatic nitrogens is 2. The van der Waals surface area contributed by atoms with Crippen LogP contribution in [0.15, 0.2) is 29.9 Å². The molecule has 5 heteroatoms. The van der Waals surface area contributed by atoms with Gasteiger partial charge in [-0.3, -0.25) is 4.98 Å². The Morgan fingerprint density at radius 3 is 2.95 bits per heavy atom. The Morgan fingerprint density at radius 1 is 1.29 bits per heavy atom. The van der Waals surface area contributed by atoms with Gasteiger partial charge < -0.3 is 10.1 Å². The Balaban J connectivity index is 1.30. The maximum absolute atomic E-state index is 5.70. The topological polar surface area (TPSA) is 47.0 Å². The van der Waals surface area contributed by atoms with Crippen molar-refractivity contribution in [2.75, 3.05) is 6.61 Å². The molecule has 1 N–H and O–H groups in total. The summed E-state index contributed by atoms with van der Waals surface area (Å²) in [4.78, 5) is 8.61. The normalized spacial score (nSPS) is 14.5. The van der Waals surface area contributed by atoms with Crippen molar-refractivity contribution in [2.24, 2.45) is 0 Å². The third-order valence-corrected chi connectivity index (χ3v) is 4.37. The van der Waals surface area contributed by atoms with Crippen molar-refractivity contribution in [3.63, 3.8) is 0 Å². The maximum Gasteiger partial charge on any atom is 0.107 e. The molecule has 0 aromatic carbocycles. The van der Waals surface area contributed by atoms with Crippen molar-refractivity contribution in [2.45, 2.75) is 44.9 Å². The number of rotatable bonds is 9. The minimum Gasteiger partial charge on any atom is -0.375 e. The summed E-state index contributed by atoms with van der Waals surface area (Å²) < 4.78 is 5.70. The van der Waals surface area contributed by atoms with Crippen LogP contribution in [0, 0.1) is 0 Å². The van der Waals surface area contributed by atoms with E-state index in [0.29, 0.717) is 6.61 Å². The number of aryl methyl sites for hydroxylation is 1. The van der Waals surface area contributed by atoms with Gasteiger partial charge >= 0.3 is 0 Å². The first-order valence-electron chi connectivity index (χ1n) is 7.53. The summed E-state index contributed by atoms with van der Waals surface area (Å²) in [6.07, 6.45) is 8.38. The van der Waals surface area contributed by atoms with E-state index < -0.39 is 0 Å². The Hall–Kier alpha value is -1.30. The van der Waals surface area contributed by atoms with Crippen molar-refractivity contribution in [3.05, 3.63) is 46.2 Å². The summed E-state index contributed by atoms with van der Waals surface area (Å²) >= 11 is 1.72. The maximum atomic E-state index is 5.70. The molecule has 0 unspecified atom stereocenters. The van der Waals surface area contributed by atoms with Crippen LogP contribution in [0.2, 0.25) is 0 Å².